The van der Waals surface area contributed by atoms with Crippen LogP contribution in [-0.4, -0.2) is 21.1 Å². The fraction of sp³-hybridized carbons (Fsp3) is 0.294. The highest BCUT2D eigenvalue weighted by Gasteiger charge is 2.06. The lowest BCUT2D eigenvalue weighted by Crippen LogP contribution is -2.18. The summed E-state index contributed by atoms with van der Waals surface area (Å²) in [5.74, 6) is 1.07. The summed E-state index contributed by atoms with van der Waals surface area (Å²) >= 11 is 0. The lowest BCUT2D eigenvalue weighted by Gasteiger charge is -2.10. The molecule has 0 aliphatic heterocycles. The van der Waals surface area contributed by atoms with Crippen LogP contribution in [0.5, 0.6) is 0 Å². The first-order valence-electron chi connectivity index (χ1n) is 7.42. The molecule has 3 rings (SSSR count). The van der Waals surface area contributed by atoms with E-state index >= 15 is 0 Å². The highest BCUT2D eigenvalue weighted by Crippen LogP contribution is 2.17. The molecule has 2 aromatic heterocycles. The van der Waals surface area contributed by atoms with Gasteiger partial charge >= 0.3 is 0 Å². The maximum atomic E-state index is 4.45. The van der Waals surface area contributed by atoms with Crippen LogP contribution in [0.15, 0.2) is 48.9 Å². The zero-order chi connectivity index (χ0) is 14.5. The minimum Gasteiger partial charge on any atom is -0.329 e. The predicted molar refractivity (Wildman–Crippen MR) is 85.1 cm³/mol. The van der Waals surface area contributed by atoms with Crippen molar-refractivity contribution >= 4 is 10.9 Å². The van der Waals surface area contributed by atoms with Gasteiger partial charge in [-0.15, -0.1) is 0 Å². The summed E-state index contributed by atoms with van der Waals surface area (Å²) in [6, 6.07) is 10.4. The number of imidazole rings is 1. The Labute approximate surface area is 124 Å². The Kier molecular flexibility index (Phi) is 4.26. The van der Waals surface area contributed by atoms with Crippen molar-refractivity contribution in [3.05, 3.63) is 60.3 Å². The van der Waals surface area contributed by atoms with Crippen LogP contribution in [-0.2, 0) is 13.1 Å². The van der Waals surface area contributed by atoms with Crippen molar-refractivity contribution in [3.8, 4) is 0 Å². The van der Waals surface area contributed by atoms with E-state index in [4.69, 9.17) is 0 Å². The lowest BCUT2D eigenvalue weighted by molar-refractivity contribution is 0.616. The molecule has 0 atom stereocenters. The van der Waals surface area contributed by atoms with E-state index in [0.717, 1.165) is 37.4 Å². The van der Waals surface area contributed by atoms with Crippen molar-refractivity contribution in [2.75, 3.05) is 6.54 Å². The standard InChI is InChI=1S/C17H20N4/c1-2-8-18-12-17-20-10-11-21(17)13-14-7-9-19-16-6-4-3-5-15(14)16/h3-7,9-11,18H,2,8,12-13H2,1H3. The third-order valence-electron chi connectivity index (χ3n) is 3.59. The van der Waals surface area contributed by atoms with Crippen molar-refractivity contribution in [1.29, 1.82) is 0 Å². The number of rotatable bonds is 6. The molecule has 1 N–H and O–H groups in total. The number of hydrogen-bond donors (Lipinski definition) is 1. The highest BCUT2D eigenvalue weighted by molar-refractivity contribution is 5.81. The molecular formula is C17H20N4. The van der Waals surface area contributed by atoms with Crippen molar-refractivity contribution < 1.29 is 0 Å². The predicted octanol–water partition coefficient (Wildman–Crippen LogP) is 2.98. The van der Waals surface area contributed by atoms with E-state index in [9.17, 15) is 0 Å². The maximum Gasteiger partial charge on any atom is 0.122 e. The van der Waals surface area contributed by atoms with Gasteiger partial charge in [-0.1, -0.05) is 25.1 Å². The van der Waals surface area contributed by atoms with Gasteiger partial charge < -0.3 is 9.88 Å². The van der Waals surface area contributed by atoms with Crippen molar-refractivity contribution in [2.45, 2.75) is 26.4 Å². The molecule has 1 aromatic carbocycles. The molecule has 0 spiro atoms. The molecule has 0 aliphatic rings. The number of pyridine rings is 1. The SMILES string of the molecule is CCCNCc1nccn1Cc1ccnc2ccccc12. The summed E-state index contributed by atoms with van der Waals surface area (Å²) in [6.45, 7) is 4.82. The summed E-state index contributed by atoms with van der Waals surface area (Å²) in [7, 11) is 0. The summed E-state index contributed by atoms with van der Waals surface area (Å²) in [5.41, 5.74) is 2.32. The zero-order valence-corrected chi connectivity index (χ0v) is 12.3. The van der Waals surface area contributed by atoms with Gasteiger partial charge in [-0.3, -0.25) is 4.98 Å². The second-order valence-corrected chi connectivity index (χ2v) is 5.14. The number of nitrogens with one attached hydrogen (secondary N) is 1. The van der Waals surface area contributed by atoms with Crippen LogP contribution in [0.1, 0.15) is 24.7 Å². The average molecular weight is 280 g/mol. The Morgan fingerprint density at radius 1 is 1.10 bits per heavy atom. The van der Waals surface area contributed by atoms with Gasteiger partial charge in [-0.25, -0.2) is 4.98 Å². The van der Waals surface area contributed by atoms with E-state index in [1.54, 1.807) is 0 Å². The molecule has 3 aromatic rings. The van der Waals surface area contributed by atoms with E-state index in [0.29, 0.717) is 0 Å². The van der Waals surface area contributed by atoms with E-state index in [2.05, 4.69) is 51.0 Å². The lowest BCUT2D eigenvalue weighted by atomic mass is 10.1. The number of nitrogens with zero attached hydrogens (tertiary/aromatic N) is 3. The van der Waals surface area contributed by atoms with Gasteiger partial charge in [0.2, 0.25) is 0 Å². The Bertz CT molecular complexity index is 712. The average Bonchev–Trinajstić information content (AvgIpc) is 2.95. The van der Waals surface area contributed by atoms with Crippen LogP contribution in [0.3, 0.4) is 0 Å². The van der Waals surface area contributed by atoms with Crippen LogP contribution >= 0.6 is 0 Å². The first-order chi connectivity index (χ1) is 10.4. The van der Waals surface area contributed by atoms with Gasteiger partial charge in [-0.2, -0.15) is 0 Å². The molecule has 0 bridgehead atoms. The minimum absolute atomic E-state index is 0.809. The first kappa shape index (κ1) is 13.8. The molecule has 0 saturated heterocycles. The molecule has 0 saturated carbocycles. The smallest absolute Gasteiger partial charge is 0.122 e. The Morgan fingerprint density at radius 2 is 2.00 bits per heavy atom. The maximum absolute atomic E-state index is 4.45. The van der Waals surface area contributed by atoms with Crippen LogP contribution < -0.4 is 5.32 Å². The topological polar surface area (TPSA) is 42.7 Å². The Morgan fingerprint density at radius 3 is 2.90 bits per heavy atom. The summed E-state index contributed by atoms with van der Waals surface area (Å²) < 4.78 is 2.20. The third-order valence-corrected chi connectivity index (χ3v) is 3.59. The molecular weight excluding hydrogens is 260 g/mol. The molecule has 0 unspecified atom stereocenters. The quantitative estimate of drug-likeness (QED) is 0.706. The number of fused-ring (bicyclic) bond motifs is 1. The van der Waals surface area contributed by atoms with Crippen molar-refractivity contribution in [3.63, 3.8) is 0 Å². The monoisotopic (exact) mass is 280 g/mol. The molecule has 2 heterocycles. The van der Waals surface area contributed by atoms with Gasteiger partial charge in [0.15, 0.2) is 0 Å². The number of hydrogen-bond acceptors (Lipinski definition) is 3. The second kappa shape index (κ2) is 6.50. The molecule has 4 nitrogen and oxygen atoms in total. The molecule has 4 heteroatoms. The van der Waals surface area contributed by atoms with Gasteiger partial charge in [-0.05, 0) is 30.7 Å². The molecule has 0 amide bonds. The van der Waals surface area contributed by atoms with Crippen LogP contribution in [0.4, 0.5) is 0 Å². The van der Waals surface area contributed by atoms with Crippen LogP contribution in [0.2, 0.25) is 0 Å². The van der Waals surface area contributed by atoms with E-state index in [1.165, 1.54) is 10.9 Å². The number of aromatic nitrogens is 3. The van der Waals surface area contributed by atoms with E-state index < -0.39 is 0 Å². The minimum atomic E-state index is 0.809. The van der Waals surface area contributed by atoms with Gasteiger partial charge in [0, 0.05) is 30.5 Å². The summed E-state index contributed by atoms with van der Waals surface area (Å²) in [4.78, 5) is 8.87. The number of benzene rings is 1. The molecule has 0 aliphatic carbocycles. The molecule has 0 radical (unpaired) electrons. The van der Waals surface area contributed by atoms with Crippen LogP contribution in [0, 0.1) is 0 Å². The number of para-hydroxylation sites is 1. The first-order valence-corrected chi connectivity index (χ1v) is 7.42. The van der Waals surface area contributed by atoms with Crippen LogP contribution in [0.25, 0.3) is 10.9 Å². The Hall–Kier alpha value is -2.20. The van der Waals surface area contributed by atoms with Gasteiger partial charge in [0.05, 0.1) is 12.1 Å². The summed E-state index contributed by atoms with van der Waals surface area (Å²) in [5, 5.41) is 4.61. The normalized spacial score (nSPS) is 11.1. The fourth-order valence-electron chi connectivity index (χ4n) is 2.50. The van der Waals surface area contributed by atoms with Crippen molar-refractivity contribution in [2.24, 2.45) is 0 Å². The second-order valence-electron chi connectivity index (χ2n) is 5.14. The van der Waals surface area contributed by atoms with Gasteiger partial charge in [0.25, 0.3) is 0 Å². The van der Waals surface area contributed by atoms with E-state index in [1.807, 2.05) is 24.7 Å². The Balaban J connectivity index is 1.84. The largest absolute Gasteiger partial charge is 0.329 e. The van der Waals surface area contributed by atoms with E-state index in [-0.39, 0.29) is 0 Å². The zero-order valence-electron chi connectivity index (χ0n) is 12.3. The third kappa shape index (κ3) is 3.11. The highest BCUT2D eigenvalue weighted by atomic mass is 15.1. The molecule has 0 fully saturated rings. The van der Waals surface area contributed by atoms with Crippen molar-refractivity contribution in [1.82, 2.24) is 19.9 Å². The summed E-state index contributed by atoms with van der Waals surface area (Å²) in [6.07, 6.45) is 6.92. The fourth-order valence-corrected chi connectivity index (χ4v) is 2.50. The van der Waals surface area contributed by atoms with Gasteiger partial charge in [0.1, 0.15) is 5.82 Å². The molecule has 108 valence electrons. The molecule has 21 heavy (non-hydrogen) atoms.